The first-order valence-corrected chi connectivity index (χ1v) is 10.4. The lowest BCUT2D eigenvalue weighted by atomic mass is 9.91. The lowest BCUT2D eigenvalue weighted by Gasteiger charge is -2.20. The number of hydrogen-bond donors (Lipinski definition) is 1. The normalized spacial score (nSPS) is 23.7. The fourth-order valence-electron chi connectivity index (χ4n) is 5.44. The van der Waals surface area contributed by atoms with Gasteiger partial charge in [0.05, 0.1) is 12.5 Å². The highest BCUT2D eigenvalue weighted by Gasteiger charge is 2.74. The van der Waals surface area contributed by atoms with Crippen molar-refractivity contribution in [3.8, 4) is 11.1 Å². The zero-order chi connectivity index (χ0) is 21.0. The summed E-state index contributed by atoms with van der Waals surface area (Å²) in [4.78, 5) is 16.1. The number of aryl methyl sites for hydroxylation is 2. The van der Waals surface area contributed by atoms with Gasteiger partial charge in [-0.2, -0.15) is 0 Å². The van der Waals surface area contributed by atoms with Gasteiger partial charge in [-0.25, -0.2) is 0 Å². The third-order valence-corrected chi connectivity index (χ3v) is 7.01. The van der Waals surface area contributed by atoms with Gasteiger partial charge in [-0.15, -0.1) is 0 Å². The summed E-state index contributed by atoms with van der Waals surface area (Å²) >= 11 is 0. The van der Waals surface area contributed by atoms with Crippen molar-refractivity contribution in [3.05, 3.63) is 88.2 Å². The molecule has 3 aromatic rings. The molecule has 30 heavy (non-hydrogen) atoms. The minimum Gasteiger partial charge on any atom is -0.481 e. The van der Waals surface area contributed by atoms with Gasteiger partial charge in [0, 0.05) is 23.9 Å². The van der Waals surface area contributed by atoms with Crippen molar-refractivity contribution in [2.45, 2.75) is 39.4 Å². The van der Waals surface area contributed by atoms with Crippen LogP contribution in [0.25, 0.3) is 11.1 Å². The number of pyridine rings is 1. The Morgan fingerprint density at radius 1 is 1.13 bits per heavy atom. The van der Waals surface area contributed by atoms with Crippen molar-refractivity contribution >= 4 is 5.97 Å². The number of benzene rings is 2. The highest BCUT2D eigenvalue weighted by molar-refractivity contribution is 5.79. The minimum absolute atomic E-state index is 0.00342. The van der Waals surface area contributed by atoms with Gasteiger partial charge in [-0.05, 0) is 72.2 Å². The second kappa shape index (κ2) is 6.78. The molecular formula is C26H25NO3. The van der Waals surface area contributed by atoms with Gasteiger partial charge in [-0.3, -0.25) is 9.78 Å². The fourth-order valence-corrected chi connectivity index (χ4v) is 5.44. The molecule has 2 aliphatic rings. The maximum absolute atomic E-state index is 11.9. The molecule has 0 spiro atoms. The van der Waals surface area contributed by atoms with Gasteiger partial charge in [0.2, 0.25) is 0 Å². The molecule has 1 aromatic heterocycles. The van der Waals surface area contributed by atoms with Crippen LogP contribution in [-0.4, -0.2) is 16.1 Å². The second-order valence-corrected chi connectivity index (χ2v) is 8.60. The average Bonchev–Trinajstić information content (AvgIpc) is 3.25. The Hall–Kier alpha value is -2.98. The van der Waals surface area contributed by atoms with E-state index in [-0.39, 0.29) is 5.92 Å². The maximum Gasteiger partial charge on any atom is 0.310 e. The molecule has 4 heteroatoms. The number of nitrogens with zero attached hydrogens (tertiary/aromatic N) is 1. The van der Waals surface area contributed by atoms with Crippen LogP contribution in [0, 0.1) is 32.6 Å². The third-order valence-electron chi connectivity index (χ3n) is 7.01. The number of carboxylic acid groups (broad SMARTS) is 1. The summed E-state index contributed by atoms with van der Waals surface area (Å²) in [7, 11) is 0. The van der Waals surface area contributed by atoms with Gasteiger partial charge in [0.1, 0.15) is 5.60 Å². The Morgan fingerprint density at radius 2 is 1.87 bits per heavy atom. The smallest absolute Gasteiger partial charge is 0.310 e. The van der Waals surface area contributed by atoms with Crippen LogP contribution in [0.5, 0.6) is 0 Å². The fraction of sp³-hybridized carbons (Fsp3) is 0.308. The summed E-state index contributed by atoms with van der Waals surface area (Å²) in [5.41, 5.74) is 8.61. The van der Waals surface area contributed by atoms with E-state index in [1.165, 1.54) is 27.8 Å². The summed E-state index contributed by atoms with van der Waals surface area (Å²) in [6.07, 6.45) is 4.31. The van der Waals surface area contributed by atoms with Crippen LogP contribution in [0.4, 0.5) is 0 Å². The van der Waals surface area contributed by atoms with Crippen molar-refractivity contribution < 1.29 is 14.6 Å². The van der Waals surface area contributed by atoms with Gasteiger partial charge < -0.3 is 9.84 Å². The topological polar surface area (TPSA) is 59.4 Å². The van der Waals surface area contributed by atoms with E-state index in [0.29, 0.717) is 6.61 Å². The number of aromatic nitrogens is 1. The summed E-state index contributed by atoms with van der Waals surface area (Å²) in [5, 5.41) is 9.76. The van der Waals surface area contributed by atoms with E-state index >= 15 is 0 Å². The molecule has 0 aliphatic heterocycles. The predicted octanol–water partition coefficient (Wildman–Crippen LogP) is 4.97. The first-order valence-electron chi connectivity index (χ1n) is 10.4. The molecule has 3 atom stereocenters. The van der Waals surface area contributed by atoms with Crippen molar-refractivity contribution in [2.75, 3.05) is 0 Å². The summed E-state index contributed by atoms with van der Waals surface area (Å²) in [6.45, 7) is 6.79. The molecular weight excluding hydrogens is 374 g/mol. The van der Waals surface area contributed by atoms with Crippen molar-refractivity contribution in [1.82, 2.24) is 4.98 Å². The van der Waals surface area contributed by atoms with Crippen LogP contribution < -0.4 is 0 Å². The van der Waals surface area contributed by atoms with Crippen LogP contribution in [-0.2, 0) is 28.2 Å². The van der Waals surface area contributed by atoms with E-state index in [0.717, 1.165) is 23.1 Å². The molecule has 152 valence electrons. The Balaban J connectivity index is 1.49. The molecule has 1 heterocycles. The quantitative estimate of drug-likeness (QED) is 0.658. The highest BCUT2D eigenvalue weighted by Crippen LogP contribution is 2.67. The monoisotopic (exact) mass is 399 g/mol. The molecule has 4 nitrogen and oxygen atoms in total. The van der Waals surface area contributed by atoms with Crippen LogP contribution in [0.3, 0.4) is 0 Å². The zero-order valence-corrected chi connectivity index (χ0v) is 17.5. The number of rotatable bonds is 5. The lowest BCUT2D eigenvalue weighted by Crippen LogP contribution is -2.20. The third kappa shape index (κ3) is 2.63. The largest absolute Gasteiger partial charge is 0.481 e. The van der Waals surface area contributed by atoms with Crippen LogP contribution in [0.15, 0.2) is 54.9 Å². The summed E-state index contributed by atoms with van der Waals surface area (Å²) in [5.74, 6) is -1.27. The number of aliphatic carboxylic acids is 1. The van der Waals surface area contributed by atoms with E-state index in [1.807, 2.05) is 6.07 Å². The molecule has 1 N–H and O–H groups in total. The minimum atomic E-state index is -0.782. The average molecular weight is 399 g/mol. The number of ether oxygens (including phenoxy) is 1. The lowest BCUT2D eigenvalue weighted by molar-refractivity contribution is -0.141. The Morgan fingerprint density at radius 3 is 2.60 bits per heavy atom. The molecule has 0 radical (unpaired) electrons. The van der Waals surface area contributed by atoms with Gasteiger partial charge in [-0.1, -0.05) is 36.4 Å². The molecule has 1 fully saturated rings. The number of fused-ring (bicyclic) bond motifs is 3. The molecule has 3 unspecified atom stereocenters. The Bertz CT molecular complexity index is 1150. The van der Waals surface area contributed by atoms with E-state index in [9.17, 15) is 9.90 Å². The van der Waals surface area contributed by atoms with Crippen molar-refractivity contribution in [2.24, 2.45) is 11.8 Å². The predicted molar refractivity (Wildman–Crippen MR) is 115 cm³/mol. The SMILES string of the molecule is Cc1cccc(C)c1-c1cccc(COC23c4cnccc4CC2C3C(=O)O)c1C. The number of carboxylic acids is 1. The molecule has 1 saturated carbocycles. The maximum atomic E-state index is 11.9. The molecule has 2 aliphatic carbocycles. The van der Waals surface area contributed by atoms with Crippen LogP contribution in [0.1, 0.15) is 33.4 Å². The van der Waals surface area contributed by atoms with E-state index in [4.69, 9.17) is 4.74 Å². The standard InChI is InChI=1S/C26H25NO3/c1-15-6-4-7-16(2)23(15)20-9-5-8-19(17(20)3)14-30-26-21(24(26)25(28)29)12-18-10-11-27-13-22(18)26/h4-11,13,21,24H,12,14H2,1-3H3,(H,28,29). The molecule has 0 saturated heterocycles. The first-order chi connectivity index (χ1) is 14.4. The van der Waals surface area contributed by atoms with E-state index in [1.54, 1.807) is 12.4 Å². The van der Waals surface area contributed by atoms with Gasteiger partial charge in [0.15, 0.2) is 0 Å². The van der Waals surface area contributed by atoms with Crippen LogP contribution in [0.2, 0.25) is 0 Å². The summed E-state index contributed by atoms with van der Waals surface area (Å²) in [6, 6.07) is 14.6. The number of hydrogen-bond acceptors (Lipinski definition) is 3. The van der Waals surface area contributed by atoms with Crippen LogP contribution >= 0.6 is 0 Å². The molecule has 2 aromatic carbocycles. The van der Waals surface area contributed by atoms with E-state index < -0.39 is 17.5 Å². The molecule has 0 bridgehead atoms. The Kier molecular flexibility index (Phi) is 4.30. The van der Waals surface area contributed by atoms with E-state index in [2.05, 4.69) is 62.2 Å². The zero-order valence-electron chi connectivity index (χ0n) is 17.5. The van der Waals surface area contributed by atoms with Crippen molar-refractivity contribution in [3.63, 3.8) is 0 Å². The number of carbonyl (C=O) groups is 1. The molecule has 5 rings (SSSR count). The second-order valence-electron chi connectivity index (χ2n) is 8.60. The van der Waals surface area contributed by atoms with Gasteiger partial charge >= 0.3 is 5.97 Å². The highest BCUT2D eigenvalue weighted by atomic mass is 16.5. The van der Waals surface area contributed by atoms with Crippen molar-refractivity contribution in [1.29, 1.82) is 0 Å². The Labute approximate surface area is 176 Å². The summed E-state index contributed by atoms with van der Waals surface area (Å²) < 4.78 is 6.46. The molecule has 0 amide bonds. The first kappa shape index (κ1) is 19.0. The van der Waals surface area contributed by atoms with Gasteiger partial charge in [0.25, 0.3) is 0 Å².